The number of sulfone groups is 1. The van der Waals surface area contributed by atoms with E-state index in [0.717, 1.165) is 27.7 Å². The van der Waals surface area contributed by atoms with Crippen molar-refractivity contribution >= 4 is 26.6 Å². The third-order valence-corrected chi connectivity index (χ3v) is 9.57. The average Bonchev–Trinajstić information content (AvgIpc) is 2.94. The lowest BCUT2D eigenvalue weighted by Crippen LogP contribution is -2.55. The first-order valence-corrected chi connectivity index (χ1v) is 14.3. The van der Waals surface area contributed by atoms with Crippen molar-refractivity contribution in [2.75, 3.05) is 18.8 Å². The number of pyridine rings is 2. The number of hydrogen-bond acceptors (Lipinski definition) is 8. The van der Waals surface area contributed by atoms with Gasteiger partial charge in [0.25, 0.3) is 0 Å². The summed E-state index contributed by atoms with van der Waals surface area (Å²) in [6.45, 7) is 3.18. The molecule has 9 nitrogen and oxygen atoms in total. The van der Waals surface area contributed by atoms with E-state index in [0.29, 0.717) is 31.0 Å². The topological polar surface area (TPSA) is 122 Å². The van der Waals surface area contributed by atoms with Gasteiger partial charge in [-0.1, -0.05) is 36.4 Å². The molecule has 1 saturated heterocycles. The molecule has 0 bridgehead atoms. The van der Waals surface area contributed by atoms with E-state index in [2.05, 4.69) is 9.97 Å². The van der Waals surface area contributed by atoms with Crippen molar-refractivity contribution in [2.24, 2.45) is 0 Å². The van der Waals surface area contributed by atoms with Crippen LogP contribution in [0.3, 0.4) is 0 Å². The number of carbonyl (C=O) groups is 1. The van der Waals surface area contributed by atoms with Crippen LogP contribution in [0.5, 0.6) is 5.75 Å². The van der Waals surface area contributed by atoms with Gasteiger partial charge in [0.05, 0.1) is 17.7 Å². The van der Waals surface area contributed by atoms with Crippen LogP contribution in [0.4, 0.5) is 0 Å². The van der Waals surface area contributed by atoms with Gasteiger partial charge in [-0.3, -0.25) is 24.9 Å². The lowest BCUT2D eigenvalue weighted by atomic mass is 9.92. The molecular weight excluding hydrogens is 516 g/mol. The fourth-order valence-electron chi connectivity index (χ4n) is 5.24. The molecule has 1 fully saturated rings. The molecule has 2 N–H and O–H groups in total. The van der Waals surface area contributed by atoms with Crippen molar-refractivity contribution in [1.82, 2.24) is 20.3 Å². The number of ether oxygens (including phenoxy) is 1. The normalized spacial score (nSPS) is 19.0. The van der Waals surface area contributed by atoms with Gasteiger partial charge in [-0.25, -0.2) is 13.9 Å². The van der Waals surface area contributed by atoms with Crippen molar-refractivity contribution in [3.8, 4) is 5.75 Å². The monoisotopic (exact) mass is 546 g/mol. The second kappa shape index (κ2) is 11.1. The van der Waals surface area contributed by atoms with Gasteiger partial charge in [-0.15, -0.1) is 0 Å². The van der Waals surface area contributed by atoms with Gasteiger partial charge in [0.1, 0.15) is 17.1 Å². The highest BCUT2D eigenvalue weighted by Gasteiger charge is 2.50. The fourth-order valence-corrected chi connectivity index (χ4v) is 7.35. The lowest BCUT2D eigenvalue weighted by molar-refractivity contribution is -0.130. The minimum absolute atomic E-state index is 0.0974. The summed E-state index contributed by atoms with van der Waals surface area (Å²) in [4.78, 5) is 23.1. The summed E-state index contributed by atoms with van der Waals surface area (Å²) in [6.07, 6.45) is 3.02. The Labute approximate surface area is 227 Å². The Morgan fingerprint density at radius 1 is 1.13 bits per heavy atom. The maximum absolute atomic E-state index is 13.6. The number of para-hydroxylation sites is 1. The molecule has 39 heavy (non-hydrogen) atoms. The molecule has 1 amide bonds. The predicted molar refractivity (Wildman–Crippen MR) is 147 cm³/mol. The van der Waals surface area contributed by atoms with Crippen LogP contribution in [0.2, 0.25) is 0 Å². The SMILES string of the molecule is Cc1cc(COc2ccc(C3(CC(=O)NO)CN(Cc4cccnc4)CCS3(=O)=O)cc2)c2ccccc2n1. The zero-order valence-corrected chi connectivity index (χ0v) is 22.4. The molecule has 2 aromatic carbocycles. The highest BCUT2D eigenvalue weighted by Crippen LogP contribution is 2.40. The van der Waals surface area contributed by atoms with Crippen LogP contribution in [-0.4, -0.2) is 53.2 Å². The summed E-state index contributed by atoms with van der Waals surface area (Å²) >= 11 is 0. The summed E-state index contributed by atoms with van der Waals surface area (Å²) in [6, 6.07) is 20.5. The molecule has 1 unspecified atom stereocenters. The highest BCUT2D eigenvalue weighted by atomic mass is 32.2. The van der Waals surface area contributed by atoms with Gasteiger partial charge >= 0.3 is 0 Å². The Morgan fingerprint density at radius 2 is 1.92 bits per heavy atom. The van der Waals surface area contributed by atoms with Gasteiger partial charge in [-0.2, -0.15) is 0 Å². The summed E-state index contributed by atoms with van der Waals surface area (Å²) < 4.78 is 31.7. The average molecular weight is 547 g/mol. The molecule has 2 aromatic heterocycles. The van der Waals surface area contributed by atoms with Crippen LogP contribution < -0.4 is 10.2 Å². The van der Waals surface area contributed by atoms with Crippen molar-refractivity contribution in [2.45, 2.75) is 31.2 Å². The second-order valence-corrected chi connectivity index (χ2v) is 12.3. The maximum Gasteiger partial charge on any atom is 0.245 e. The molecule has 4 aromatic rings. The molecule has 202 valence electrons. The first-order valence-electron chi connectivity index (χ1n) is 12.6. The maximum atomic E-state index is 13.6. The van der Waals surface area contributed by atoms with E-state index in [1.54, 1.807) is 42.1 Å². The van der Waals surface area contributed by atoms with Crippen LogP contribution in [0.1, 0.15) is 28.8 Å². The fraction of sp³-hybridized carbons (Fsp3) is 0.276. The highest BCUT2D eigenvalue weighted by molar-refractivity contribution is 7.92. The number of nitrogens with one attached hydrogen (secondary N) is 1. The minimum Gasteiger partial charge on any atom is -0.489 e. The molecule has 5 rings (SSSR count). The molecule has 0 saturated carbocycles. The third-order valence-electron chi connectivity index (χ3n) is 7.16. The molecule has 10 heteroatoms. The Morgan fingerprint density at radius 3 is 2.67 bits per heavy atom. The van der Waals surface area contributed by atoms with Gasteiger partial charge < -0.3 is 4.74 Å². The van der Waals surface area contributed by atoms with Crippen LogP contribution in [0.25, 0.3) is 10.9 Å². The van der Waals surface area contributed by atoms with E-state index >= 15 is 0 Å². The molecule has 3 heterocycles. The van der Waals surface area contributed by atoms with Crippen molar-refractivity contribution < 1.29 is 23.2 Å². The number of aromatic nitrogens is 2. The molecular formula is C29H30N4O5S. The third kappa shape index (κ3) is 5.63. The molecule has 0 radical (unpaired) electrons. The minimum atomic E-state index is -3.74. The Kier molecular flexibility index (Phi) is 7.60. The molecule has 0 aliphatic carbocycles. The van der Waals surface area contributed by atoms with Crippen LogP contribution in [0.15, 0.2) is 79.1 Å². The van der Waals surface area contributed by atoms with Crippen molar-refractivity contribution in [3.05, 3.63) is 102 Å². The van der Waals surface area contributed by atoms with E-state index in [-0.39, 0.29) is 12.3 Å². The molecule has 1 aliphatic heterocycles. The standard InChI is InChI=1S/C29H30N4O5S/c1-21-15-23(26-6-2-3-7-27(26)31-21)19-38-25-10-8-24(9-11-25)29(16-28(34)32-35)20-33(13-14-39(29,36)37)18-22-5-4-12-30-17-22/h2-12,15,17,35H,13-14,16,18-20H2,1H3,(H,32,34). The van der Waals surface area contributed by atoms with E-state index in [9.17, 15) is 18.4 Å². The zero-order valence-electron chi connectivity index (χ0n) is 21.6. The molecule has 0 spiro atoms. The number of hydroxylamine groups is 1. The smallest absolute Gasteiger partial charge is 0.245 e. The first kappa shape index (κ1) is 26.7. The summed E-state index contributed by atoms with van der Waals surface area (Å²) in [5, 5.41) is 10.3. The Balaban J connectivity index is 1.42. The number of carbonyl (C=O) groups excluding carboxylic acids is 1. The van der Waals surface area contributed by atoms with Crippen molar-refractivity contribution in [1.29, 1.82) is 0 Å². The zero-order chi connectivity index (χ0) is 27.5. The van der Waals surface area contributed by atoms with E-state index in [1.165, 1.54) is 0 Å². The lowest BCUT2D eigenvalue weighted by Gasteiger charge is -2.42. The van der Waals surface area contributed by atoms with Crippen molar-refractivity contribution in [3.63, 3.8) is 0 Å². The second-order valence-electron chi connectivity index (χ2n) is 9.85. The summed E-state index contributed by atoms with van der Waals surface area (Å²) in [5.74, 6) is -0.305. The number of fused-ring (bicyclic) bond motifs is 1. The summed E-state index contributed by atoms with van der Waals surface area (Å²) in [5.41, 5.74) is 5.82. The van der Waals surface area contributed by atoms with E-state index in [4.69, 9.17) is 4.74 Å². The largest absolute Gasteiger partial charge is 0.489 e. The van der Waals surface area contributed by atoms with Crippen LogP contribution >= 0.6 is 0 Å². The number of aryl methyl sites for hydroxylation is 1. The summed E-state index contributed by atoms with van der Waals surface area (Å²) in [7, 11) is -3.74. The van der Waals surface area contributed by atoms with Gasteiger partial charge in [0, 0.05) is 48.7 Å². The van der Waals surface area contributed by atoms with Gasteiger partial charge in [0.2, 0.25) is 5.91 Å². The molecule has 1 aliphatic rings. The Hall–Kier alpha value is -3.86. The van der Waals surface area contributed by atoms with Gasteiger partial charge in [-0.05, 0) is 48.4 Å². The number of benzene rings is 2. The first-order chi connectivity index (χ1) is 18.8. The number of hydrogen-bond donors (Lipinski definition) is 2. The Bertz CT molecular complexity index is 1580. The van der Waals surface area contributed by atoms with Gasteiger partial charge in [0.15, 0.2) is 9.84 Å². The molecule has 1 atom stereocenters. The van der Waals surface area contributed by atoms with E-state index in [1.807, 2.05) is 54.3 Å². The van der Waals surface area contributed by atoms with E-state index < -0.39 is 26.9 Å². The quantitative estimate of drug-likeness (QED) is 0.254. The number of nitrogens with zero attached hydrogens (tertiary/aromatic N) is 3. The predicted octanol–water partition coefficient (Wildman–Crippen LogP) is 3.54. The van der Waals surface area contributed by atoms with Crippen LogP contribution in [-0.2, 0) is 32.5 Å². The number of rotatable bonds is 8. The van der Waals surface area contributed by atoms with Crippen LogP contribution in [0, 0.1) is 6.92 Å². The number of amides is 1.